The first-order chi connectivity index (χ1) is 5.02. The Kier molecular flexibility index (Phi) is 7.94. The number of hydrogen-bond donors (Lipinski definition) is 1. The van der Waals surface area contributed by atoms with Gasteiger partial charge in [0.1, 0.15) is 0 Å². The highest BCUT2D eigenvalue weighted by Gasteiger charge is 2.07. The molecule has 0 bridgehead atoms. The Hall–Kier alpha value is -0.770. The molecule has 0 radical (unpaired) electrons. The summed E-state index contributed by atoms with van der Waals surface area (Å²) in [6.07, 6.45) is 0.104. The molecule has 0 heterocycles. The fraction of sp³-hybridized carbons (Fsp3) is 0.714. The summed E-state index contributed by atoms with van der Waals surface area (Å²) in [5.41, 5.74) is 0. The van der Waals surface area contributed by atoms with Gasteiger partial charge in [-0.1, -0.05) is 0 Å². The third kappa shape index (κ3) is 9.23. The maximum Gasteiger partial charge on any atom is 0.303 e. The molecule has 0 aliphatic carbocycles. The maximum atomic E-state index is 10.3. The van der Waals surface area contributed by atoms with Gasteiger partial charge in [0.05, 0.1) is 6.10 Å². The van der Waals surface area contributed by atoms with Crippen LogP contribution in [0.5, 0.6) is 0 Å². The Morgan fingerprint density at radius 2 is 2.00 bits per heavy atom. The summed E-state index contributed by atoms with van der Waals surface area (Å²) in [6, 6.07) is 0. The lowest BCUT2D eigenvalue weighted by molar-refractivity contribution is -0.147. The van der Waals surface area contributed by atoms with Crippen LogP contribution in [0.15, 0.2) is 0 Å². The number of aliphatic carboxylic acids is 1. The van der Waals surface area contributed by atoms with Crippen LogP contribution in [0.1, 0.15) is 26.7 Å². The Bertz CT molecular complexity index is 157. The molecule has 1 atom stereocenters. The van der Waals surface area contributed by atoms with Gasteiger partial charge < -0.3 is 9.84 Å². The lowest BCUT2D eigenvalue weighted by Crippen LogP contribution is -2.13. The van der Waals surface area contributed by atoms with Crippen molar-refractivity contribution in [2.45, 2.75) is 32.8 Å². The largest absolute Gasteiger partial charge is 0.481 e. The minimum atomic E-state index is -0.871. The number of carbonyl (C=O) groups is 2. The fourth-order valence-electron chi connectivity index (χ4n) is 0.669. The van der Waals surface area contributed by atoms with E-state index in [1.165, 1.54) is 6.92 Å². The van der Waals surface area contributed by atoms with Gasteiger partial charge in [0, 0.05) is 13.3 Å². The number of carbonyl (C=O) groups excluding carboxylic acids is 1. The van der Waals surface area contributed by atoms with E-state index in [9.17, 15) is 9.59 Å². The zero-order chi connectivity index (χ0) is 8.85. The van der Waals surface area contributed by atoms with Crippen LogP contribution < -0.4 is 0 Å². The van der Waals surface area contributed by atoms with Gasteiger partial charge in [0.25, 0.3) is 0 Å². The Morgan fingerprint density at radius 1 is 1.50 bits per heavy atom. The third-order valence-corrected chi connectivity index (χ3v) is 1.13. The molecule has 0 spiro atoms. The maximum absolute atomic E-state index is 10.3. The van der Waals surface area contributed by atoms with E-state index in [1.54, 1.807) is 6.92 Å². The lowest BCUT2D eigenvalue weighted by Gasteiger charge is -2.09. The first kappa shape index (κ1) is 13.8. The normalized spacial score (nSPS) is 11.2. The van der Waals surface area contributed by atoms with Crippen molar-refractivity contribution >= 4 is 24.3 Å². The fourth-order valence-corrected chi connectivity index (χ4v) is 0.669. The second-order valence-corrected chi connectivity index (χ2v) is 2.35. The van der Waals surface area contributed by atoms with Crippen LogP contribution in [0.2, 0.25) is 0 Å². The average molecular weight is 197 g/mol. The number of ether oxygens (including phenoxy) is 1. The van der Waals surface area contributed by atoms with E-state index < -0.39 is 5.97 Å². The van der Waals surface area contributed by atoms with Crippen molar-refractivity contribution in [1.29, 1.82) is 0 Å². The van der Waals surface area contributed by atoms with E-state index >= 15 is 0 Å². The second-order valence-electron chi connectivity index (χ2n) is 2.35. The van der Waals surface area contributed by atoms with E-state index in [0.717, 1.165) is 0 Å². The standard InChI is InChI=1S/C7H12O4.ClH/c1-5(11-6(2)8)3-4-7(9)10;/h5H,3-4H2,1-2H3,(H,9,10);1H. The summed E-state index contributed by atoms with van der Waals surface area (Å²) in [7, 11) is 0. The number of carboxylic acid groups (broad SMARTS) is 1. The molecule has 0 amide bonds. The van der Waals surface area contributed by atoms with Crippen LogP contribution in [0.25, 0.3) is 0 Å². The smallest absolute Gasteiger partial charge is 0.303 e. The van der Waals surface area contributed by atoms with Crippen molar-refractivity contribution in [3.05, 3.63) is 0 Å². The number of hydrogen-bond acceptors (Lipinski definition) is 3. The number of carboxylic acids is 1. The van der Waals surface area contributed by atoms with Gasteiger partial charge in [-0.25, -0.2) is 0 Å². The summed E-state index contributed by atoms with van der Waals surface area (Å²) >= 11 is 0. The molecule has 1 unspecified atom stereocenters. The molecule has 12 heavy (non-hydrogen) atoms. The van der Waals surface area contributed by atoms with Crippen LogP contribution in [0.3, 0.4) is 0 Å². The van der Waals surface area contributed by atoms with Gasteiger partial charge in [0.15, 0.2) is 0 Å². The average Bonchev–Trinajstić information content (AvgIpc) is 1.82. The molecule has 0 aromatic heterocycles. The quantitative estimate of drug-likeness (QED) is 0.687. The highest BCUT2D eigenvalue weighted by Crippen LogP contribution is 2.01. The lowest BCUT2D eigenvalue weighted by atomic mass is 10.2. The zero-order valence-corrected chi connectivity index (χ0v) is 7.89. The number of esters is 1. The molecule has 72 valence electrons. The summed E-state index contributed by atoms with van der Waals surface area (Å²) in [4.78, 5) is 20.4. The first-order valence-corrected chi connectivity index (χ1v) is 3.41. The Labute approximate surface area is 77.3 Å². The van der Waals surface area contributed by atoms with Crippen molar-refractivity contribution in [1.82, 2.24) is 0 Å². The SMILES string of the molecule is CC(=O)OC(C)CCC(=O)O.Cl. The molecule has 0 aliphatic rings. The van der Waals surface area contributed by atoms with Crippen LogP contribution in [0, 0.1) is 0 Å². The molecule has 0 saturated heterocycles. The molecule has 0 aromatic carbocycles. The van der Waals surface area contributed by atoms with E-state index in [-0.39, 0.29) is 30.9 Å². The van der Waals surface area contributed by atoms with Crippen LogP contribution in [-0.4, -0.2) is 23.1 Å². The number of halogens is 1. The monoisotopic (exact) mass is 196 g/mol. The molecule has 0 aliphatic heterocycles. The van der Waals surface area contributed by atoms with E-state index in [1.807, 2.05) is 0 Å². The van der Waals surface area contributed by atoms with E-state index in [0.29, 0.717) is 6.42 Å². The summed E-state index contributed by atoms with van der Waals surface area (Å²) in [5.74, 6) is -1.24. The van der Waals surface area contributed by atoms with Crippen molar-refractivity contribution in [2.24, 2.45) is 0 Å². The molecule has 0 rings (SSSR count). The first-order valence-electron chi connectivity index (χ1n) is 3.41. The van der Waals surface area contributed by atoms with Gasteiger partial charge in [-0.2, -0.15) is 0 Å². The molecule has 0 saturated carbocycles. The van der Waals surface area contributed by atoms with Gasteiger partial charge in [-0.3, -0.25) is 9.59 Å². The van der Waals surface area contributed by atoms with Crippen molar-refractivity contribution in [3.63, 3.8) is 0 Å². The van der Waals surface area contributed by atoms with Gasteiger partial charge in [-0.05, 0) is 13.3 Å². The highest BCUT2D eigenvalue weighted by molar-refractivity contribution is 5.85. The molecule has 1 N–H and O–H groups in total. The van der Waals surface area contributed by atoms with Gasteiger partial charge in [-0.15, -0.1) is 12.4 Å². The van der Waals surface area contributed by atoms with Crippen LogP contribution in [0.4, 0.5) is 0 Å². The Balaban J connectivity index is 0. The summed E-state index contributed by atoms with van der Waals surface area (Å²) in [5, 5.41) is 8.26. The second kappa shape index (κ2) is 6.91. The van der Waals surface area contributed by atoms with Crippen LogP contribution >= 0.6 is 12.4 Å². The topological polar surface area (TPSA) is 63.6 Å². The molecular formula is C7H13ClO4. The molecular weight excluding hydrogens is 184 g/mol. The van der Waals surface area contributed by atoms with E-state index in [2.05, 4.69) is 0 Å². The zero-order valence-electron chi connectivity index (χ0n) is 7.07. The number of rotatable bonds is 4. The van der Waals surface area contributed by atoms with Gasteiger partial charge in [0.2, 0.25) is 0 Å². The minimum absolute atomic E-state index is 0. The summed E-state index contributed by atoms with van der Waals surface area (Å²) in [6.45, 7) is 2.97. The highest BCUT2D eigenvalue weighted by atomic mass is 35.5. The predicted octanol–water partition coefficient (Wildman–Crippen LogP) is 1.22. The molecule has 0 aromatic rings. The molecule has 5 heteroatoms. The third-order valence-electron chi connectivity index (χ3n) is 1.13. The molecule has 0 fully saturated rings. The summed E-state index contributed by atoms with van der Waals surface area (Å²) < 4.78 is 4.70. The van der Waals surface area contributed by atoms with Crippen molar-refractivity contribution in [3.8, 4) is 0 Å². The van der Waals surface area contributed by atoms with Crippen molar-refractivity contribution in [2.75, 3.05) is 0 Å². The Morgan fingerprint density at radius 3 is 2.33 bits per heavy atom. The van der Waals surface area contributed by atoms with E-state index in [4.69, 9.17) is 9.84 Å². The predicted molar refractivity (Wildman–Crippen MR) is 45.3 cm³/mol. The minimum Gasteiger partial charge on any atom is -0.481 e. The molecule has 4 nitrogen and oxygen atoms in total. The van der Waals surface area contributed by atoms with Crippen molar-refractivity contribution < 1.29 is 19.4 Å². The van der Waals surface area contributed by atoms with Gasteiger partial charge >= 0.3 is 11.9 Å². The van der Waals surface area contributed by atoms with Crippen LogP contribution in [-0.2, 0) is 14.3 Å².